The lowest BCUT2D eigenvalue weighted by Gasteiger charge is -2.22. The first-order valence-electron chi connectivity index (χ1n) is 26.8. The van der Waals surface area contributed by atoms with Gasteiger partial charge in [0.1, 0.15) is 11.6 Å². The SMILES string of the molecule is [2H]C([2H])([2H])c1cc(-c2c(C([2H])(C)C)cccc2C([2H])(C)C)ccc1-n1c(-c2cc(C(C)C)cc(C(C)C)c2O)nc2c(-c3cc(-c4ccccc4)cc(-c4cc(-c5ccc(C([2H])(C)C)cc5)ccn4)c3)cccc21. The minimum atomic E-state index is -2.63. The van der Waals surface area contributed by atoms with Crippen LogP contribution in [0.4, 0.5) is 0 Å². The molecule has 0 saturated carbocycles. The van der Waals surface area contributed by atoms with E-state index in [0.29, 0.717) is 50.4 Å². The van der Waals surface area contributed by atoms with E-state index in [4.69, 9.17) is 11.3 Å². The van der Waals surface area contributed by atoms with Crippen molar-refractivity contribution in [1.29, 1.82) is 0 Å². The highest BCUT2D eigenvalue weighted by atomic mass is 16.3. The Balaban J connectivity index is 1.33. The zero-order valence-corrected chi connectivity index (χ0v) is 41.0. The molecule has 9 rings (SSSR count). The fourth-order valence-electron chi connectivity index (χ4n) is 9.46. The number of aryl methyl sites for hydroxylation is 1. The molecule has 0 radical (unpaired) electrons. The van der Waals surface area contributed by atoms with Gasteiger partial charge in [-0.15, -0.1) is 0 Å². The van der Waals surface area contributed by atoms with Crippen LogP contribution in [0, 0.1) is 6.85 Å². The number of pyridine rings is 1. The van der Waals surface area contributed by atoms with Gasteiger partial charge in [0.05, 0.1) is 28.0 Å². The van der Waals surface area contributed by atoms with Crippen molar-refractivity contribution in [2.24, 2.45) is 0 Å². The van der Waals surface area contributed by atoms with Gasteiger partial charge in [-0.3, -0.25) is 9.55 Å². The van der Waals surface area contributed by atoms with Gasteiger partial charge in [0, 0.05) is 25.5 Å². The van der Waals surface area contributed by atoms with Gasteiger partial charge >= 0.3 is 0 Å². The summed E-state index contributed by atoms with van der Waals surface area (Å²) >= 11 is 0. The van der Waals surface area contributed by atoms with Crippen LogP contribution in [0.25, 0.3) is 83.9 Å². The number of para-hydroxylation sites is 1. The summed E-state index contributed by atoms with van der Waals surface area (Å²) in [4.78, 5) is 10.4. The molecule has 342 valence electrons. The number of aromatic nitrogens is 3. The molecule has 1 N–H and O–H groups in total. The molecule has 4 heteroatoms. The number of hydrogen-bond acceptors (Lipinski definition) is 3. The summed E-state index contributed by atoms with van der Waals surface area (Å²) in [6.45, 7) is 16.7. The van der Waals surface area contributed by atoms with E-state index in [9.17, 15) is 12.0 Å². The maximum atomic E-state index is 12.4. The minimum Gasteiger partial charge on any atom is -0.507 e. The molecule has 0 unspecified atom stereocenters. The molecular weight excluding hydrogens is 827 g/mol. The third kappa shape index (κ3) is 8.81. The lowest BCUT2D eigenvalue weighted by atomic mass is 9.84. The van der Waals surface area contributed by atoms with Gasteiger partial charge in [-0.25, -0.2) is 4.98 Å². The van der Waals surface area contributed by atoms with E-state index in [0.717, 1.165) is 61.3 Å². The van der Waals surface area contributed by atoms with Crippen molar-refractivity contribution < 1.29 is 13.3 Å². The molecule has 0 amide bonds. The number of phenols is 1. The van der Waals surface area contributed by atoms with Crippen LogP contribution in [-0.4, -0.2) is 19.6 Å². The minimum absolute atomic E-state index is 0.0316. The molecule has 0 spiro atoms. The molecule has 0 fully saturated rings. The summed E-state index contributed by atoms with van der Waals surface area (Å²) in [6, 6.07) is 50.0. The van der Waals surface area contributed by atoms with E-state index < -0.39 is 24.5 Å². The summed E-state index contributed by atoms with van der Waals surface area (Å²) in [6.07, 6.45) is 1.83. The monoisotopic (exact) mass is 898 g/mol. The second-order valence-electron chi connectivity index (χ2n) is 19.4. The molecule has 0 aliphatic rings. The van der Waals surface area contributed by atoms with Crippen molar-refractivity contribution >= 4 is 11.0 Å². The number of fused-ring (bicyclic) bond motifs is 1. The fourth-order valence-corrected chi connectivity index (χ4v) is 9.46. The number of phenolic OH excluding ortho intramolecular Hbond substituents is 1. The summed E-state index contributed by atoms with van der Waals surface area (Å²) in [7, 11) is 0. The van der Waals surface area contributed by atoms with E-state index >= 15 is 0 Å². The van der Waals surface area contributed by atoms with Crippen LogP contribution in [0.3, 0.4) is 0 Å². The predicted molar refractivity (Wildman–Crippen MR) is 288 cm³/mol. The normalized spacial score (nSPS) is 13.8. The molecule has 9 aromatic rings. The highest BCUT2D eigenvalue weighted by molar-refractivity contribution is 5.98. The van der Waals surface area contributed by atoms with Gasteiger partial charge in [-0.05, 0) is 163 Å². The Hall–Kier alpha value is -7.04. The molecule has 0 saturated heterocycles. The van der Waals surface area contributed by atoms with Gasteiger partial charge in [-0.2, -0.15) is 0 Å². The number of hydrogen-bond donors (Lipinski definition) is 1. The molecular formula is C64H65N3O. The Kier molecular flexibility index (Phi) is 10.9. The Bertz CT molecular complexity index is 3520. The number of nitrogens with zero attached hydrogens (tertiary/aromatic N) is 3. The van der Waals surface area contributed by atoms with Gasteiger partial charge in [0.15, 0.2) is 0 Å². The van der Waals surface area contributed by atoms with E-state index in [1.807, 2.05) is 143 Å². The van der Waals surface area contributed by atoms with Crippen molar-refractivity contribution in [3.63, 3.8) is 0 Å². The average Bonchev–Trinajstić information content (AvgIpc) is 3.74. The molecule has 2 aromatic heterocycles. The standard InChI is InChI=1S/C64H65N3O/c1-38(2)44-23-25-46(26-24-44)47-29-30-65-58(37-47)52-33-50(45-17-13-12-14-18-45)32-51(34-52)55-21-16-22-60-62(55)66-64(57-36-49(39(3)4)35-56(42(9)10)63(57)68)67(60)59-28-27-48(31-43(59)11)61-53(40(5)6)19-15-20-54(61)41(7)8/h12-42,68H,1-11H3/i11D3,38D,40D,41D. The first-order chi connectivity index (χ1) is 34.8. The molecule has 4 nitrogen and oxygen atoms in total. The van der Waals surface area contributed by atoms with Gasteiger partial charge < -0.3 is 5.11 Å². The Labute approximate surface area is 412 Å². The van der Waals surface area contributed by atoms with Crippen LogP contribution >= 0.6 is 0 Å². The van der Waals surface area contributed by atoms with Crippen LogP contribution in [0.15, 0.2) is 158 Å². The van der Waals surface area contributed by atoms with Gasteiger partial charge in [0.25, 0.3) is 0 Å². The van der Waals surface area contributed by atoms with Crippen molar-refractivity contribution in [3.05, 3.63) is 191 Å². The highest BCUT2D eigenvalue weighted by Gasteiger charge is 2.25. The molecule has 2 heterocycles. The average molecular weight is 898 g/mol. The highest BCUT2D eigenvalue weighted by Crippen LogP contribution is 2.45. The maximum Gasteiger partial charge on any atom is 0.149 e. The van der Waals surface area contributed by atoms with Crippen molar-refractivity contribution in [2.45, 2.75) is 106 Å². The summed E-state index contributed by atoms with van der Waals surface area (Å²) in [5, 5.41) is 12.4. The Morgan fingerprint density at radius 3 is 1.82 bits per heavy atom. The third-order valence-corrected chi connectivity index (χ3v) is 13.2. The van der Waals surface area contributed by atoms with Crippen LogP contribution in [0.1, 0.15) is 140 Å². The van der Waals surface area contributed by atoms with E-state index in [-0.39, 0.29) is 23.1 Å². The van der Waals surface area contributed by atoms with Crippen LogP contribution < -0.4 is 0 Å². The molecule has 68 heavy (non-hydrogen) atoms. The first-order valence-corrected chi connectivity index (χ1v) is 23.8. The molecule has 0 bridgehead atoms. The zero-order valence-electron chi connectivity index (χ0n) is 47.0. The summed E-state index contributed by atoms with van der Waals surface area (Å²) < 4.78 is 56.4. The van der Waals surface area contributed by atoms with Crippen LogP contribution in [-0.2, 0) is 0 Å². The summed E-state index contributed by atoms with van der Waals surface area (Å²) in [5.74, 6) is -2.29. The van der Waals surface area contributed by atoms with Gasteiger partial charge in [-0.1, -0.05) is 166 Å². The lowest BCUT2D eigenvalue weighted by molar-refractivity contribution is 0.466. The zero-order chi connectivity index (χ0) is 53.2. The molecule has 0 atom stereocenters. The second-order valence-corrected chi connectivity index (χ2v) is 19.4. The van der Waals surface area contributed by atoms with Crippen molar-refractivity contribution in [3.8, 4) is 78.6 Å². The second kappa shape index (κ2) is 18.9. The third-order valence-electron chi connectivity index (χ3n) is 13.2. The maximum absolute atomic E-state index is 12.4. The first kappa shape index (κ1) is 39.0. The van der Waals surface area contributed by atoms with Crippen LogP contribution in [0.5, 0.6) is 5.75 Å². The predicted octanol–water partition coefficient (Wildman–Crippen LogP) is 18.1. The van der Waals surface area contributed by atoms with E-state index in [1.54, 1.807) is 6.07 Å². The number of rotatable bonds is 12. The lowest BCUT2D eigenvalue weighted by Crippen LogP contribution is -2.04. The van der Waals surface area contributed by atoms with Crippen molar-refractivity contribution in [1.82, 2.24) is 14.5 Å². The number of benzene rings is 7. The molecule has 0 aliphatic heterocycles. The van der Waals surface area contributed by atoms with E-state index in [2.05, 4.69) is 82.3 Å². The number of imidazole rings is 1. The van der Waals surface area contributed by atoms with Crippen LogP contribution in [0.2, 0.25) is 0 Å². The Morgan fingerprint density at radius 2 is 1.16 bits per heavy atom. The largest absolute Gasteiger partial charge is 0.507 e. The molecule has 0 aliphatic carbocycles. The Morgan fingerprint density at radius 1 is 0.500 bits per heavy atom. The number of aromatic hydroxyl groups is 1. The van der Waals surface area contributed by atoms with Crippen molar-refractivity contribution in [2.75, 3.05) is 0 Å². The fraction of sp³-hybridized carbons (Fsp3) is 0.250. The quantitative estimate of drug-likeness (QED) is 0.133. The summed E-state index contributed by atoms with van der Waals surface area (Å²) in [5.41, 5.74) is 14.9. The van der Waals surface area contributed by atoms with E-state index in [1.165, 1.54) is 0 Å². The molecule has 7 aromatic carbocycles. The van der Waals surface area contributed by atoms with Gasteiger partial charge in [0.2, 0.25) is 0 Å². The smallest absolute Gasteiger partial charge is 0.149 e. The topological polar surface area (TPSA) is 50.9 Å².